The summed E-state index contributed by atoms with van der Waals surface area (Å²) in [6.45, 7) is 5.92. The average Bonchev–Trinajstić information content (AvgIpc) is 2.82. The summed E-state index contributed by atoms with van der Waals surface area (Å²) in [6, 6.07) is 0.968. The van der Waals surface area contributed by atoms with E-state index in [4.69, 9.17) is 0 Å². The molecule has 0 aromatic carbocycles. The Labute approximate surface area is 108 Å². The lowest BCUT2D eigenvalue weighted by Gasteiger charge is -2.45. The van der Waals surface area contributed by atoms with Crippen molar-refractivity contribution in [1.82, 2.24) is 9.80 Å². The van der Waals surface area contributed by atoms with Crippen molar-refractivity contribution in [3.8, 4) is 0 Å². The van der Waals surface area contributed by atoms with Crippen LogP contribution in [0, 0.1) is 0 Å². The molecule has 0 aromatic heterocycles. The second-order valence-electron chi connectivity index (χ2n) is 6.30. The highest BCUT2D eigenvalue weighted by molar-refractivity contribution is 5.10. The second kappa shape index (κ2) is 4.42. The van der Waals surface area contributed by atoms with Crippen LogP contribution in [0.25, 0.3) is 0 Å². The molecule has 3 saturated heterocycles. The van der Waals surface area contributed by atoms with E-state index in [1.165, 1.54) is 0 Å². The molecule has 5 heteroatoms. The van der Waals surface area contributed by atoms with Crippen molar-refractivity contribution >= 4 is 0 Å². The van der Waals surface area contributed by atoms with Gasteiger partial charge in [0.15, 0.2) is 0 Å². The zero-order valence-corrected chi connectivity index (χ0v) is 11.1. The normalized spacial score (nSPS) is 49.7. The van der Waals surface area contributed by atoms with Crippen LogP contribution in [0.4, 0.5) is 0 Å². The van der Waals surface area contributed by atoms with Gasteiger partial charge in [0, 0.05) is 31.2 Å². The third-order valence-electron chi connectivity index (χ3n) is 5.04. The third-order valence-corrected chi connectivity index (χ3v) is 5.04. The lowest BCUT2D eigenvalue weighted by molar-refractivity contribution is -0.0637. The molecule has 0 aliphatic carbocycles. The van der Waals surface area contributed by atoms with Gasteiger partial charge in [0.1, 0.15) is 0 Å². The summed E-state index contributed by atoms with van der Waals surface area (Å²) in [5.74, 6) is 0. The number of fused-ring (bicyclic) bond motifs is 3. The van der Waals surface area contributed by atoms with Gasteiger partial charge in [-0.05, 0) is 26.7 Å². The summed E-state index contributed by atoms with van der Waals surface area (Å²) >= 11 is 0. The van der Waals surface area contributed by atoms with Crippen molar-refractivity contribution in [2.75, 3.05) is 13.1 Å². The van der Waals surface area contributed by atoms with Crippen molar-refractivity contribution in [2.24, 2.45) is 0 Å². The molecule has 2 unspecified atom stereocenters. The van der Waals surface area contributed by atoms with Crippen LogP contribution in [-0.4, -0.2) is 80.7 Å². The molecule has 0 aromatic rings. The highest BCUT2D eigenvalue weighted by Gasteiger charge is 2.54. The predicted octanol–water partition coefficient (Wildman–Crippen LogP) is -0.992. The SMILES string of the molecule is CC(C)N1CCC2C1C[C@@H](O)[C@@H]1[C@H](O)[C@H](O)CN21. The van der Waals surface area contributed by atoms with Gasteiger partial charge in [-0.1, -0.05) is 0 Å². The monoisotopic (exact) mass is 256 g/mol. The van der Waals surface area contributed by atoms with Gasteiger partial charge >= 0.3 is 0 Å². The van der Waals surface area contributed by atoms with E-state index in [0.29, 0.717) is 31.1 Å². The zero-order chi connectivity index (χ0) is 13.0. The molecule has 0 radical (unpaired) electrons. The first-order valence-corrected chi connectivity index (χ1v) is 7.06. The summed E-state index contributed by atoms with van der Waals surface area (Å²) in [4.78, 5) is 4.59. The molecule has 18 heavy (non-hydrogen) atoms. The third kappa shape index (κ3) is 1.72. The Morgan fingerprint density at radius 1 is 1.06 bits per heavy atom. The minimum absolute atomic E-state index is 0.270. The summed E-state index contributed by atoms with van der Waals surface area (Å²) in [6.07, 6.45) is -0.248. The van der Waals surface area contributed by atoms with E-state index in [0.717, 1.165) is 13.0 Å². The molecule has 6 atom stereocenters. The number of nitrogens with zero attached hydrogens (tertiary/aromatic N) is 2. The number of rotatable bonds is 1. The van der Waals surface area contributed by atoms with Crippen LogP contribution in [0.1, 0.15) is 26.7 Å². The molecule has 5 nitrogen and oxygen atoms in total. The molecule has 0 spiro atoms. The van der Waals surface area contributed by atoms with Crippen LogP contribution in [0.2, 0.25) is 0 Å². The van der Waals surface area contributed by atoms with Gasteiger partial charge in [-0.15, -0.1) is 0 Å². The maximum absolute atomic E-state index is 10.3. The fourth-order valence-electron chi connectivity index (χ4n) is 4.24. The number of aliphatic hydroxyl groups is 3. The zero-order valence-electron chi connectivity index (χ0n) is 11.1. The number of likely N-dealkylation sites (tertiary alicyclic amines) is 1. The first-order valence-electron chi connectivity index (χ1n) is 7.06. The van der Waals surface area contributed by atoms with Gasteiger partial charge in [0.2, 0.25) is 0 Å². The molecule has 3 aliphatic heterocycles. The van der Waals surface area contributed by atoms with E-state index in [1.807, 2.05) is 0 Å². The molecule has 3 N–H and O–H groups in total. The van der Waals surface area contributed by atoms with Crippen molar-refractivity contribution in [2.45, 2.75) is 69.2 Å². The van der Waals surface area contributed by atoms with E-state index in [9.17, 15) is 15.3 Å². The van der Waals surface area contributed by atoms with E-state index < -0.39 is 18.3 Å². The first kappa shape index (κ1) is 12.8. The summed E-state index contributed by atoms with van der Waals surface area (Å²) < 4.78 is 0. The van der Waals surface area contributed by atoms with Gasteiger partial charge in [-0.2, -0.15) is 0 Å². The largest absolute Gasteiger partial charge is 0.391 e. The summed E-state index contributed by atoms with van der Waals surface area (Å²) in [7, 11) is 0. The molecule has 0 bridgehead atoms. The molecule has 3 heterocycles. The lowest BCUT2D eigenvalue weighted by Crippen LogP contribution is -2.60. The summed E-state index contributed by atoms with van der Waals surface area (Å²) in [5.41, 5.74) is 0. The molecular weight excluding hydrogens is 232 g/mol. The Hall–Kier alpha value is -0.200. The van der Waals surface area contributed by atoms with E-state index in [1.54, 1.807) is 0 Å². The van der Waals surface area contributed by atoms with Gasteiger partial charge in [-0.25, -0.2) is 0 Å². The lowest BCUT2D eigenvalue weighted by atomic mass is 9.88. The van der Waals surface area contributed by atoms with Crippen molar-refractivity contribution in [3.05, 3.63) is 0 Å². The van der Waals surface area contributed by atoms with E-state index >= 15 is 0 Å². The average molecular weight is 256 g/mol. The number of hydrogen-bond donors (Lipinski definition) is 3. The van der Waals surface area contributed by atoms with Gasteiger partial charge in [-0.3, -0.25) is 9.80 Å². The van der Waals surface area contributed by atoms with E-state index in [-0.39, 0.29) is 6.04 Å². The smallest absolute Gasteiger partial charge is 0.0991 e. The Morgan fingerprint density at radius 3 is 2.44 bits per heavy atom. The Balaban J connectivity index is 1.84. The first-order chi connectivity index (χ1) is 8.50. The number of aliphatic hydroxyl groups excluding tert-OH is 3. The van der Waals surface area contributed by atoms with E-state index in [2.05, 4.69) is 23.6 Å². The van der Waals surface area contributed by atoms with Crippen molar-refractivity contribution in [1.29, 1.82) is 0 Å². The van der Waals surface area contributed by atoms with Gasteiger partial charge in [0.25, 0.3) is 0 Å². The van der Waals surface area contributed by atoms with Crippen LogP contribution in [0.3, 0.4) is 0 Å². The minimum atomic E-state index is -0.797. The minimum Gasteiger partial charge on any atom is -0.391 e. The topological polar surface area (TPSA) is 67.2 Å². The molecule has 0 amide bonds. The predicted molar refractivity (Wildman–Crippen MR) is 67.2 cm³/mol. The van der Waals surface area contributed by atoms with Crippen LogP contribution in [-0.2, 0) is 0 Å². The van der Waals surface area contributed by atoms with Crippen molar-refractivity contribution in [3.63, 3.8) is 0 Å². The number of hydrogen-bond acceptors (Lipinski definition) is 5. The fraction of sp³-hybridized carbons (Fsp3) is 1.00. The van der Waals surface area contributed by atoms with Crippen LogP contribution in [0.15, 0.2) is 0 Å². The Bertz CT molecular complexity index is 325. The maximum atomic E-state index is 10.3. The molecule has 0 saturated carbocycles. The quantitative estimate of drug-likeness (QED) is 0.562. The molecular formula is C13H24N2O3. The number of piperidine rings is 1. The van der Waals surface area contributed by atoms with Crippen LogP contribution >= 0.6 is 0 Å². The highest BCUT2D eigenvalue weighted by atomic mass is 16.3. The van der Waals surface area contributed by atoms with Crippen LogP contribution in [0.5, 0.6) is 0 Å². The Morgan fingerprint density at radius 2 is 1.78 bits per heavy atom. The molecule has 104 valence electrons. The molecule has 3 rings (SSSR count). The fourth-order valence-corrected chi connectivity index (χ4v) is 4.24. The molecule has 3 fully saturated rings. The van der Waals surface area contributed by atoms with Crippen molar-refractivity contribution < 1.29 is 15.3 Å². The van der Waals surface area contributed by atoms with Gasteiger partial charge in [0.05, 0.1) is 24.4 Å². The standard InChI is InChI=1S/C13H24N2O3/c1-7(2)14-4-3-8-9(14)5-10(16)12-13(18)11(17)6-15(8)12/h7-13,16-18H,3-6H2,1-2H3/t8?,9?,10-,11-,12-,13-/m1/s1. The molecule has 3 aliphatic rings. The second-order valence-corrected chi connectivity index (χ2v) is 6.30. The Kier molecular flexibility index (Phi) is 3.15. The van der Waals surface area contributed by atoms with Crippen LogP contribution < -0.4 is 0 Å². The maximum Gasteiger partial charge on any atom is 0.0991 e. The van der Waals surface area contributed by atoms with Gasteiger partial charge < -0.3 is 15.3 Å². The summed E-state index contributed by atoms with van der Waals surface area (Å²) in [5, 5.41) is 30.1. The highest BCUT2D eigenvalue weighted by Crippen LogP contribution is 2.39.